The van der Waals surface area contributed by atoms with Gasteiger partial charge in [0.15, 0.2) is 0 Å². The number of carbonyl (C=O) groups is 1. The highest BCUT2D eigenvalue weighted by Gasteiger charge is 2.14. The van der Waals surface area contributed by atoms with Gasteiger partial charge in [0, 0.05) is 19.2 Å². The minimum atomic E-state index is -1.04. The van der Waals surface area contributed by atoms with E-state index in [1.165, 1.54) is 0 Å². The van der Waals surface area contributed by atoms with Gasteiger partial charge >= 0.3 is 5.97 Å². The van der Waals surface area contributed by atoms with Crippen molar-refractivity contribution in [2.45, 2.75) is 25.4 Å². The Balaban J connectivity index is 1.88. The van der Waals surface area contributed by atoms with E-state index in [9.17, 15) is 4.79 Å². The topological polar surface area (TPSA) is 103 Å². The molecule has 0 saturated carbocycles. The van der Waals surface area contributed by atoms with Crippen LogP contribution in [0.2, 0.25) is 0 Å². The van der Waals surface area contributed by atoms with Crippen LogP contribution in [0.5, 0.6) is 5.75 Å². The number of aromatic nitrogens is 3. The monoisotopic (exact) mass is 290 g/mol. The predicted octanol–water partition coefficient (Wildman–Crippen LogP) is 0.484. The summed E-state index contributed by atoms with van der Waals surface area (Å²) in [6.45, 7) is 0.668. The van der Waals surface area contributed by atoms with Crippen LogP contribution in [0.1, 0.15) is 11.3 Å². The summed E-state index contributed by atoms with van der Waals surface area (Å²) in [4.78, 5) is 10.7. The Morgan fingerprint density at radius 1 is 1.43 bits per heavy atom. The molecule has 0 aliphatic heterocycles. The number of aryl methyl sites for hydroxylation is 2. The molecule has 1 unspecified atom stereocenters. The molecule has 2 rings (SSSR count). The van der Waals surface area contributed by atoms with Crippen LogP contribution in [0.3, 0.4) is 0 Å². The van der Waals surface area contributed by atoms with Gasteiger partial charge in [0.05, 0.1) is 12.8 Å². The Kier molecular flexibility index (Phi) is 4.89. The first-order valence-electron chi connectivity index (χ1n) is 6.59. The molecule has 0 spiro atoms. The lowest BCUT2D eigenvalue weighted by atomic mass is 10.1. The summed E-state index contributed by atoms with van der Waals surface area (Å²) in [5.41, 5.74) is 7.21. The van der Waals surface area contributed by atoms with Crippen molar-refractivity contribution in [3.63, 3.8) is 0 Å². The molecule has 112 valence electrons. The largest absolute Gasteiger partial charge is 0.497 e. The van der Waals surface area contributed by atoms with Gasteiger partial charge in [0.2, 0.25) is 0 Å². The molecule has 0 saturated heterocycles. The molecule has 0 amide bonds. The zero-order valence-electron chi connectivity index (χ0n) is 11.8. The summed E-state index contributed by atoms with van der Waals surface area (Å²) in [7, 11) is 1.63. The van der Waals surface area contributed by atoms with Crippen LogP contribution < -0.4 is 10.5 Å². The molecule has 3 N–H and O–H groups in total. The smallest absolute Gasteiger partial charge is 0.320 e. The quantitative estimate of drug-likeness (QED) is 0.769. The summed E-state index contributed by atoms with van der Waals surface area (Å²) < 4.78 is 6.79. The second kappa shape index (κ2) is 6.85. The zero-order chi connectivity index (χ0) is 15.2. The van der Waals surface area contributed by atoms with Gasteiger partial charge < -0.3 is 15.6 Å². The minimum Gasteiger partial charge on any atom is -0.497 e. The van der Waals surface area contributed by atoms with Gasteiger partial charge in [0.1, 0.15) is 11.8 Å². The van der Waals surface area contributed by atoms with Crippen LogP contribution in [0.25, 0.3) is 0 Å². The molecule has 1 aromatic carbocycles. The van der Waals surface area contributed by atoms with E-state index in [2.05, 4.69) is 10.3 Å². The number of carboxylic acid groups (broad SMARTS) is 1. The van der Waals surface area contributed by atoms with Gasteiger partial charge in [-0.25, -0.2) is 0 Å². The fourth-order valence-electron chi connectivity index (χ4n) is 1.89. The van der Waals surface area contributed by atoms with Gasteiger partial charge in [-0.1, -0.05) is 17.3 Å². The lowest BCUT2D eigenvalue weighted by molar-refractivity contribution is -0.138. The summed E-state index contributed by atoms with van der Waals surface area (Å²) >= 11 is 0. The third-order valence-corrected chi connectivity index (χ3v) is 3.12. The van der Waals surface area contributed by atoms with Crippen LogP contribution in [-0.2, 0) is 24.2 Å². The fraction of sp³-hybridized carbons (Fsp3) is 0.357. The third kappa shape index (κ3) is 4.28. The van der Waals surface area contributed by atoms with E-state index < -0.39 is 12.0 Å². The van der Waals surface area contributed by atoms with E-state index in [0.29, 0.717) is 12.2 Å². The van der Waals surface area contributed by atoms with Gasteiger partial charge in [0.25, 0.3) is 0 Å². The molecule has 0 aliphatic carbocycles. The highest BCUT2D eigenvalue weighted by Crippen LogP contribution is 2.12. The second-order valence-electron chi connectivity index (χ2n) is 4.72. The number of aliphatic carboxylic acids is 1. The Bertz CT molecular complexity index is 595. The number of hydrogen-bond acceptors (Lipinski definition) is 5. The van der Waals surface area contributed by atoms with Crippen LogP contribution in [0.4, 0.5) is 0 Å². The number of nitrogens with zero attached hydrogens (tertiary/aromatic N) is 3. The van der Waals surface area contributed by atoms with Crippen molar-refractivity contribution in [2.24, 2.45) is 5.73 Å². The second-order valence-corrected chi connectivity index (χ2v) is 4.72. The first-order chi connectivity index (χ1) is 10.1. The highest BCUT2D eigenvalue weighted by molar-refractivity contribution is 5.73. The van der Waals surface area contributed by atoms with E-state index in [0.717, 1.165) is 17.7 Å². The lowest BCUT2D eigenvalue weighted by Crippen LogP contribution is -2.32. The molecule has 0 fully saturated rings. The SMILES string of the molecule is COc1ccc(CCn2cc(CC(N)C(=O)O)nn2)cc1. The lowest BCUT2D eigenvalue weighted by Gasteiger charge is -2.03. The molecule has 21 heavy (non-hydrogen) atoms. The Morgan fingerprint density at radius 3 is 2.76 bits per heavy atom. The van der Waals surface area contributed by atoms with Gasteiger partial charge in [-0.3, -0.25) is 9.48 Å². The summed E-state index contributed by atoms with van der Waals surface area (Å²) in [5.74, 6) is -0.216. The maximum Gasteiger partial charge on any atom is 0.320 e. The van der Waals surface area contributed by atoms with Gasteiger partial charge in [-0.2, -0.15) is 0 Å². The number of methoxy groups -OCH3 is 1. The van der Waals surface area contributed by atoms with Crippen molar-refractivity contribution in [1.82, 2.24) is 15.0 Å². The van der Waals surface area contributed by atoms with Crippen LogP contribution >= 0.6 is 0 Å². The molecule has 0 aliphatic rings. The number of nitrogens with two attached hydrogens (primary N) is 1. The zero-order valence-corrected chi connectivity index (χ0v) is 11.8. The number of rotatable bonds is 7. The van der Waals surface area contributed by atoms with Crippen molar-refractivity contribution in [3.8, 4) is 5.75 Å². The number of benzene rings is 1. The number of carboxylic acids is 1. The van der Waals surface area contributed by atoms with E-state index in [-0.39, 0.29) is 6.42 Å². The maximum atomic E-state index is 10.7. The summed E-state index contributed by atoms with van der Waals surface area (Å²) in [6.07, 6.45) is 2.71. The van der Waals surface area contributed by atoms with E-state index >= 15 is 0 Å². The van der Waals surface area contributed by atoms with Crippen molar-refractivity contribution in [3.05, 3.63) is 41.7 Å². The molecule has 1 atom stereocenters. The Hall–Kier alpha value is -2.41. The molecule has 0 bridgehead atoms. The van der Waals surface area contributed by atoms with Crippen LogP contribution in [0, 0.1) is 0 Å². The average Bonchev–Trinajstić information content (AvgIpc) is 2.93. The van der Waals surface area contributed by atoms with Gasteiger partial charge in [-0.05, 0) is 24.1 Å². The molecule has 0 radical (unpaired) electrons. The molecular formula is C14H18N4O3. The van der Waals surface area contributed by atoms with Crippen molar-refractivity contribution < 1.29 is 14.6 Å². The molecule has 1 aromatic heterocycles. The first kappa shape index (κ1) is 15.0. The van der Waals surface area contributed by atoms with E-state index in [1.54, 1.807) is 18.0 Å². The van der Waals surface area contributed by atoms with E-state index in [1.807, 2.05) is 24.3 Å². The molecule has 7 heteroatoms. The third-order valence-electron chi connectivity index (χ3n) is 3.12. The van der Waals surface area contributed by atoms with Crippen LogP contribution in [-0.4, -0.2) is 39.2 Å². The van der Waals surface area contributed by atoms with Crippen molar-refractivity contribution >= 4 is 5.97 Å². The Labute approximate surface area is 122 Å². The first-order valence-corrected chi connectivity index (χ1v) is 6.59. The molecule has 1 heterocycles. The Morgan fingerprint density at radius 2 is 2.14 bits per heavy atom. The minimum absolute atomic E-state index is 0.178. The number of ether oxygens (including phenoxy) is 1. The summed E-state index contributed by atoms with van der Waals surface area (Å²) in [5, 5.41) is 16.7. The fourth-order valence-corrected chi connectivity index (χ4v) is 1.89. The average molecular weight is 290 g/mol. The number of hydrogen-bond donors (Lipinski definition) is 2. The molecule has 2 aromatic rings. The summed E-state index contributed by atoms with van der Waals surface area (Å²) in [6, 6.07) is 6.87. The normalized spacial score (nSPS) is 12.1. The van der Waals surface area contributed by atoms with Crippen molar-refractivity contribution in [2.75, 3.05) is 7.11 Å². The molecule has 7 nitrogen and oxygen atoms in total. The predicted molar refractivity (Wildman–Crippen MR) is 76.0 cm³/mol. The van der Waals surface area contributed by atoms with E-state index in [4.69, 9.17) is 15.6 Å². The molecular weight excluding hydrogens is 272 g/mol. The van der Waals surface area contributed by atoms with Gasteiger partial charge in [-0.15, -0.1) is 5.10 Å². The highest BCUT2D eigenvalue weighted by atomic mass is 16.5. The maximum absolute atomic E-state index is 10.7. The standard InChI is InChI=1S/C14H18N4O3/c1-21-12-4-2-10(3-5-12)6-7-18-9-11(16-17-18)8-13(15)14(19)20/h2-5,9,13H,6-8,15H2,1H3,(H,19,20). The van der Waals surface area contributed by atoms with Crippen molar-refractivity contribution in [1.29, 1.82) is 0 Å². The van der Waals surface area contributed by atoms with Crippen LogP contribution in [0.15, 0.2) is 30.5 Å².